The first kappa shape index (κ1) is 17.6. The molecule has 0 bridgehead atoms. The number of rotatable bonds is 6. The maximum absolute atomic E-state index is 12.7. The van der Waals surface area contributed by atoms with Crippen molar-refractivity contribution in [3.8, 4) is 0 Å². The maximum atomic E-state index is 12.7. The Hall–Kier alpha value is -2.22. The monoisotopic (exact) mass is 345 g/mol. The van der Waals surface area contributed by atoms with Crippen LogP contribution in [-0.2, 0) is 4.79 Å². The Kier molecular flexibility index (Phi) is 5.17. The van der Waals surface area contributed by atoms with E-state index in [4.69, 9.17) is 5.73 Å². The van der Waals surface area contributed by atoms with Crippen molar-refractivity contribution in [3.63, 3.8) is 0 Å². The van der Waals surface area contributed by atoms with E-state index >= 15 is 0 Å². The average Bonchev–Trinajstić information content (AvgIpc) is 3.14. The van der Waals surface area contributed by atoms with E-state index in [9.17, 15) is 4.79 Å². The van der Waals surface area contributed by atoms with Crippen LogP contribution in [0.2, 0.25) is 0 Å². The van der Waals surface area contributed by atoms with Crippen molar-refractivity contribution < 1.29 is 4.79 Å². The van der Waals surface area contributed by atoms with Gasteiger partial charge >= 0.3 is 0 Å². The lowest BCUT2D eigenvalue weighted by atomic mass is 9.89. The van der Waals surface area contributed by atoms with Gasteiger partial charge in [0.25, 0.3) is 0 Å². The predicted octanol–water partition coefficient (Wildman–Crippen LogP) is 0.974. The average molecular weight is 345 g/mol. The molecule has 0 aromatic carbocycles. The number of fused-ring (bicyclic) bond motifs is 1. The topological polar surface area (TPSA) is 101 Å². The van der Waals surface area contributed by atoms with Crippen molar-refractivity contribution >= 4 is 17.4 Å². The van der Waals surface area contributed by atoms with Gasteiger partial charge in [-0.05, 0) is 37.8 Å². The van der Waals surface area contributed by atoms with Crippen LogP contribution < -0.4 is 16.0 Å². The summed E-state index contributed by atoms with van der Waals surface area (Å²) in [4.78, 5) is 14.9. The quantitative estimate of drug-likeness (QED) is 0.809. The third kappa shape index (κ3) is 3.58. The molecule has 0 atom stereocenters. The van der Waals surface area contributed by atoms with Crippen molar-refractivity contribution in [2.45, 2.75) is 45.1 Å². The second kappa shape index (κ2) is 7.35. The third-order valence-corrected chi connectivity index (χ3v) is 5.47. The van der Waals surface area contributed by atoms with Crippen LogP contribution in [0.3, 0.4) is 0 Å². The van der Waals surface area contributed by atoms with Gasteiger partial charge in [-0.25, -0.2) is 0 Å². The van der Waals surface area contributed by atoms with Gasteiger partial charge < -0.3 is 16.0 Å². The Morgan fingerprint density at radius 2 is 2.04 bits per heavy atom. The lowest BCUT2D eigenvalue weighted by molar-refractivity contribution is -0.127. The molecular formula is C17H27N7O. The number of nitrogens with zero attached hydrogens (tertiary/aromatic N) is 5. The second-order valence-electron chi connectivity index (χ2n) is 6.77. The number of piperidine rings is 1. The summed E-state index contributed by atoms with van der Waals surface area (Å²) >= 11 is 0. The zero-order valence-corrected chi connectivity index (χ0v) is 15.0. The van der Waals surface area contributed by atoms with Crippen molar-refractivity contribution in [2.24, 2.45) is 11.7 Å². The standard InChI is InChI=1S/C17H27N7O/c1-3-17(4-2,11-18)20-16(25)13-7-9-23(10-8-13)15-6-5-14-21-19-12-24(14)22-15/h5-6,12-13H,3-4,7-11,18H2,1-2H3,(H,20,25). The number of hydrogen-bond acceptors (Lipinski definition) is 6. The second-order valence-corrected chi connectivity index (χ2v) is 6.77. The molecule has 3 heterocycles. The van der Waals surface area contributed by atoms with E-state index in [2.05, 4.69) is 39.4 Å². The summed E-state index contributed by atoms with van der Waals surface area (Å²) < 4.78 is 1.67. The SMILES string of the molecule is CCC(CC)(CN)NC(=O)C1CCN(c2ccc3nncn3n2)CC1. The molecule has 3 N–H and O–H groups in total. The van der Waals surface area contributed by atoms with Gasteiger partial charge in [-0.1, -0.05) is 13.8 Å². The van der Waals surface area contributed by atoms with E-state index in [1.807, 2.05) is 12.1 Å². The van der Waals surface area contributed by atoms with E-state index in [1.165, 1.54) is 0 Å². The molecule has 0 saturated carbocycles. The maximum Gasteiger partial charge on any atom is 0.223 e. The highest BCUT2D eigenvalue weighted by Gasteiger charge is 2.32. The fourth-order valence-corrected chi connectivity index (χ4v) is 3.39. The lowest BCUT2D eigenvalue weighted by Crippen LogP contribution is -2.55. The summed E-state index contributed by atoms with van der Waals surface area (Å²) in [6.45, 7) is 6.25. The summed E-state index contributed by atoms with van der Waals surface area (Å²) in [7, 11) is 0. The molecule has 136 valence electrons. The van der Waals surface area contributed by atoms with Crippen LogP contribution in [0.1, 0.15) is 39.5 Å². The summed E-state index contributed by atoms with van der Waals surface area (Å²) in [5.74, 6) is 1.07. The van der Waals surface area contributed by atoms with Crippen LogP contribution in [0.25, 0.3) is 5.65 Å². The summed E-state index contributed by atoms with van der Waals surface area (Å²) in [6, 6.07) is 3.87. The van der Waals surface area contributed by atoms with Gasteiger partial charge in [0.1, 0.15) is 12.1 Å². The molecule has 0 unspecified atom stereocenters. The minimum Gasteiger partial charge on any atom is -0.355 e. The number of amides is 1. The van der Waals surface area contributed by atoms with Gasteiger partial charge in [-0.15, -0.1) is 15.3 Å². The van der Waals surface area contributed by atoms with E-state index in [-0.39, 0.29) is 17.4 Å². The Labute approximate surface area is 147 Å². The molecule has 0 aliphatic carbocycles. The van der Waals surface area contributed by atoms with Crippen molar-refractivity contribution in [1.82, 2.24) is 25.1 Å². The van der Waals surface area contributed by atoms with Crippen LogP contribution in [0, 0.1) is 5.92 Å². The first-order valence-corrected chi connectivity index (χ1v) is 9.05. The fourth-order valence-electron chi connectivity index (χ4n) is 3.39. The number of nitrogens with two attached hydrogens (primary N) is 1. The molecule has 25 heavy (non-hydrogen) atoms. The van der Waals surface area contributed by atoms with Crippen molar-refractivity contribution in [1.29, 1.82) is 0 Å². The molecule has 3 rings (SSSR count). The number of anilines is 1. The fraction of sp³-hybridized carbons (Fsp3) is 0.647. The zero-order chi connectivity index (χ0) is 17.9. The molecule has 1 saturated heterocycles. The van der Waals surface area contributed by atoms with Gasteiger partial charge in [0.05, 0.1) is 5.54 Å². The molecule has 1 aliphatic heterocycles. The first-order valence-electron chi connectivity index (χ1n) is 9.05. The first-order chi connectivity index (χ1) is 12.1. The Balaban J connectivity index is 1.60. The van der Waals surface area contributed by atoms with Crippen molar-refractivity contribution in [3.05, 3.63) is 18.5 Å². The highest BCUT2D eigenvalue weighted by atomic mass is 16.2. The molecule has 8 nitrogen and oxygen atoms in total. The predicted molar refractivity (Wildman–Crippen MR) is 96.2 cm³/mol. The highest BCUT2D eigenvalue weighted by Crippen LogP contribution is 2.23. The van der Waals surface area contributed by atoms with Gasteiger partial charge in [0.2, 0.25) is 5.91 Å². The summed E-state index contributed by atoms with van der Waals surface area (Å²) in [5.41, 5.74) is 6.36. The van der Waals surface area contributed by atoms with E-state index in [1.54, 1.807) is 10.8 Å². The van der Waals surface area contributed by atoms with Gasteiger partial charge in [-0.2, -0.15) is 4.52 Å². The third-order valence-electron chi connectivity index (χ3n) is 5.47. The molecule has 2 aromatic rings. The Morgan fingerprint density at radius 3 is 2.68 bits per heavy atom. The number of carbonyl (C=O) groups is 1. The van der Waals surface area contributed by atoms with Crippen LogP contribution in [0.15, 0.2) is 18.5 Å². The van der Waals surface area contributed by atoms with Gasteiger partial charge in [-0.3, -0.25) is 4.79 Å². The number of nitrogens with one attached hydrogen (secondary N) is 1. The van der Waals surface area contributed by atoms with Crippen LogP contribution in [0.5, 0.6) is 0 Å². The van der Waals surface area contributed by atoms with Crippen LogP contribution in [0.4, 0.5) is 5.82 Å². The minimum atomic E-state index is -0.269. The molecule has 1 fully saturated rings. The molecule has 2 aromatic heterocycles. The largest absolute Gasteiger partial charge is 0.355 e. The minimum absolute atomic E-state index is 0.0407. The van der Waals surface area contributed by atoms with Crippen LogP contribution in [-0.4, -0.2) is 50.9 Å². The van der Waals surface area contributed by atoms with Crippen molar-refractivity contribution in [2.75, 3.05) is 24.5 Å². The van der Waals surface area contributed by atoms with E-state index in [0.717, 1.165) is 50.2 Å². The molecule has 1 amide bonds. The van der Waals surface area contributed by atoms with Gasteiger partial charge in [0, 0.05) is 25.6 Å². The lowest BCUT2D eigenvalue weighted by Gasteiger charge is -2.36. The summed E-state index contributed by atoms with van der Waals surface area (Å²) in [6.07, 6.45) is 4.95. The zero-order valence-electron chi connectivity index (χ0n) is 15.0. The Morgan fingerprint density at radius 1 is 1.32 bits per heavy atom. The normalized spacial score (nSPS) is 16.4. The van der Waals surface area contributed by atoms with E-state index < -0.39 is 0 Å². The number of aromatic nitrogens is 4. The van der Waals surface area contributed by atoms with E-state index in [0.29, 0.717) is 6.54 Å². The summed E-state index contributed by atoms with van der Waals surface area (Å²) in [5, 5.41) is 15.6. The van der Waals surface area contributed by atoms with Crippen LogP contribution >= 0.6 is 0 Å². The molecule has 0 spiro atoms. The smallest absolute Gasteiger partial charge is 0.223 e. The number of hydrogen-bond donors (Lipinski definition) is 2. The molecule has 8 heteroatoms. The Bertz CT molecular complexity index is 708. The highest BCUT2D eigenvalue weighted by molar-refractivity contribution is 5.79. The molecular weight excluding hydrogens is 318 g/mol. The van der Waals surface area contributed by atoms with Gasteiger partial charge in [0.15, 0.2) is 5.65 Å². The molecule has 1 aliphatic rings. The number of carbonyl (C=O) groups excluding carboxylic acids is 1. The molecule has 0 radical (unpaired) electrons.